The number of aromatic amines is 1. The number of nitrogens with two attached hydrogens (primary N) is 1. The first-order valence-corrected chi connectivity index (χ1v) is 9.40. The Balaban J connectivity index is 1.53. The summed E-state index contributed by atoms with van der Waals surface area (Å²) in [6, 6.07) is 9.15. The summed E-state index contributed by atoms with van der Waals surface area (Å²) in [6.45, 7) is 0.675. The Bertz CT molecular complexity index is 1270. The molecule has 1 fully saturated rings. The smallest absolute Gasteiger partial charge is 0.330 e. The monoisotopic (exact) mass is 405 g/mol. The van der Waals surface area contributed by atoms with Crippen LogP contribution < -0.4 is 22.3 Å². The molecule has 4 rings (SSSR count). The number of anilines is 2. The number of rotatable bonds is 6. The summed E-state index contributed by atoms with van der Waals surface area (Å²) in [6.07, 6.45) is 4.83. The number of nitrogens with zero attached hydrogens (tertiary/aromatic N) is 4. The molecule has 10 nitrogen and oxygen atoms in total. The summed E-state index contributed by atoms with van der Waals surface area (Å²) >= 11 is 0. The van der Waals surface area contributed by atoms with E-state index in [9.17, 15) is 14.4 Å². The number of nitrogen functional groups attached to an aromatic ring is 1. The van der Waals surface area contributed by atoms with Gasteiger partial charge in [-0.2, -0.15) is 10.4 Å². The SMILES string of the molecule is N#Cc1cccc(Cn2cc(C(=O)Nc3c(N)[nH]c(=O)n(CC4CC4)c3=O)cn2)c1. The van der Waals surface area contributed by atoms with Crippen molar-refractivity contribution in [1.29, 1.82) is 5.26 Å². The van der Waals surface area contributed by atoms with Gasteiger partial charge in [0.1, 0.15) is 11.5 Å². The molecule has 0 unspecified atom stereocenters. The average Bonchev–Trinajstić information content (AvgIpc) is 3.44. The Morgan fingerprint density at radius 2 is 2.17 bits per heavy atom. The molecule has 0 radical (unpaired) electrons. The van der Waals surface area contributed by atoms with Crippen molar-refractivity contribution in [2.75, 3.05) is 11.1 Å². The lowest BCUT2D eigenvalue weighted by molar-refractivity contribution is 0.102. The van der Waals surface area contributed by atoms with Crippen molar-refractivity contribution >= 4 is 17.4 Å². The molecule has 0 aliphatic heterocycles. The predicted octanol–water partition coefficient (Wildman–Crippen LogP) is 0.898. The van der Waals surface area contributed by atoms with Crippen LogP contribution in [-0.2, 0) is 13.1 Å². The van der Waals surface area contributed by atoms with Crippen molar-refractivity contribution in [1.82, 2.24) is 19.3 Å². The van der Waals surface area contributed by atoms with Crippen molar-refractivity contribution < 1.29 is 4.79 Å². The maximum absolute atomic E-state index is 12.6. The van der Waals surface area contributed by atoms with E-state index in [1.165, 1.54) is 12.4 Å². The number of hydrogen-bond donors (Lipinski definition) is 3. The van der Waals surface area contributed by atoms with Gasteiger partial charge in [-0.15, -0.1) is 0 Å². The minimum Gasteiger partial charge on any atom is -0.383 e. The summed E-state index contributed by atoms with van der Waals surface area (Å²) < 4.78 is 2.61. The standard InChI is InChI=1S/C20H19N7O3/c21-7-13-2-1-3-14(6-13)9-26-11-15(8-23-26)18(28)24-16-17(22)25-20(30)27(19(16)29)10-12-4-5-12/h1-3,6,8,11-12H,4-5,9-10,22H2,(H,24,28)(H,25,30). The molecule has 1 amide bonds. The molecule has 30 heavy (non-hydrogen) atoms. The second-order valence-corrected chi connectivity index (χ2v) is 7.27. The Morgan fingerprint density at radius 1 is 1.37 bits per heavy atom. The lowest BCUT2D eigenvalue weighted by atomic mass is 10.1. The third-order valence-corrected chi connectivity index (χ3v) is 4.89. The fraction of sp³-hybridized carbons (Fsp3) is 0.250. The number of hydrogen-bond acceptors (Lipinski definition) is 6. The third-order valence-electron chi connectivity index (χ3n) is 4.89. The van der Waals surface area contributed by atoms with Gasteiger partial charge in [-0.3, -0.25) is 23.8 Å². The molecular weight excluding hydrogens is 386 g/mol. The van der Waals surface area contributed by atoms with Crippen LogP contribution in [0, 0.1) is 17.2 Å². The second-order valence-electron chi connectivity index (χ2n) is 7.27. The van der Waals surface area contributed by atoms with Crippen LogP contribution in [0.15, 0.2) is 46.2 Å². The van der Waals surface area contributed by atoms with Crippen LogP contribution in [0.5, 0.6) is 0 Å². The molecule has 2 aromatic heterocycles. The summed E-state index contributed by atoms with van der Waals surface area (Å²) in [5.41, 5.74) is 6.02. The quantitative estimate of drug-likeness (QED) is 0.554. The molecule has 0 atom stereocenters. The highest BCUT2D eigenvalue weighted by Crippen LogP contribution is 2.29. The average molecular weight is 405 g/mol. The molecule has 1 aliphatic carbocycles. The van der Waals surface area contributed by atoms with E-state index in [-0.39, 0.29) is 17.1 Å². The van der Waals surface area contributed by atoms with E-state index >= 15 is 0 Å². The lowest BCUT2D eigenvalue weighted by Gasteiger charge is -2.10. The summed E-state index contributed by atoms with van der Waals surface area (Å²) in [4.78, 5) is 39.7. The Morgan fingerprint density at radius 3 is 2.90 bits per heavy atom. The Kier molecular flexibility index (Phi) is 4.93. The van der Waals surface area contributed by atoms with E-state index in [0.717, 1.165) is 23.0 Å². The second kappa shape index (κ2) is 7.71. The number of carbonyl (C=O) groups is 1. The molecule has 10 heteroatoms. The van der Waals surface area contributed by atoms with Crippen LogP contribution in [0.1, 0.15) is 34.3 Å². The highest BCUT2D eigenvalue weighted by atomic mass is 16.2. The van der Waals surface area contributed by atoms with Gasteiger partial charge in [-0.25, -0.2) is 4.79 Å². The van der Waals surface area contributed by atoms with Crippen LogP contribution in [0.25, 0.3) is 0 Å². The van der Waals surface area contributed by atoms with Gasteiger partial charge in [0.15, 0.2) is 0 Å². The third kappa shape index (κ3) is 4.00. The van der Waals surface area contributed by atoms with Gasteiger partial charge >= 0.3 is 5.69 Å². The first kappa shape index (κ1) is 19.2. The van der Waals surface area contributed by atoms with E-state index < -0.39 is 17.2 Å². The molecule has 152 valence electrons. The normalized spacial score (nSPS) is 13.0. The molecule has 2 heterocycles. The van der Waals surface area contributed by atoms with Gasteiger partial charge < -0.3 is 11.1 Å². The number of aromatic nitrogens is 4. The first-order chi connectivity index (χ1) is 14.4. The first-order valence-electron chi connectivity index (χ1n) is 9.40. The van der Waals surface area contributed by atoms with Gasteiger partial charge in [-0.1, -0.05) is 12.1 Å². The fourth-order valence-electron chi connectivity index (χ4n) is 3.11. The number of nitrogens with one attached hydrogen (secondary N) is 2. The summed E-state index contributed by atoms with van der Waals surface area (Å²) in [7, 11) is 0. The molecule has 1 saturated carbocycles. The van der Waals surface area contributed by atoms with E-state index in [4.69, 9.17) is 11.0 Å². The van der Waals surface area contributed by atoms with Gasteiger partial charge in [0.2, 0.25) is 0 Å². The molecule has 3 aromatic rings. The number of H-pyrrole nitrogens is 1. The minimum absolute atomic E-state index is 0.158. The summed E-state index contributed by atoms with van der Waals surface area (Å²) in [5.74, 6) is -0.458. The van der Waals surface area contributed by atoms with Gasteiger partial charge in [-0.05, 0) is 36.5 Å². The Hall–Kier alpha value is -4.13. The fourth-order valence-corrected chi connectivity index (χ4v) is 3.11. The Labute approximate surface area is 170 Å². The van der Waals surface area contributed by atoms with Gasteiger partial charge in [0, 0.05) is 12.7 Å². The van der Waals surface area contributed by atoms with Crippen LogP contribution in [0.2, 0.25) is 0 Å². The maximum atomic E-state index is 12.6. The number of amides is 1. The molecule has 1 aliphatic rings. The van der Waals surface area contributed by atoms with E-state index in [2.05, 4.69) is 21.5 Å². The van der Waals surface area contributed by atoms with Crippen molar-refractivity contribution in [3.63, 3.8) is 0 Å². The van der Waals surface area contributed by atoms with Crippen LogP contribution in [-0.4, -0.2) is 25.2 Å². The zero-order chi connectivity index (χ0) is 21.3. The highest BCUT2D eigenvalue weighted by Gasteiger charge is 2.25. The van der Waals surface area contributed by atoms with Crippen LogP contribution in [0.3, 0.4) is 0 Å². The minimum atomic E-state index is -0.628. The molecular formula is C20H19N7O3. The zero-order valence-corrected chi connectivity index (χ0v) is 16.0. The van der Waals surface area contributed by atoms with Gasteiger partial charge in [0.05, 0.1) is 29.9 Å². The zero-order valence-electron chi connectivity index (χ0n) is 16.0. The topological polar surface area (TPSA) is 152 Å². The number of benzene rings is 1. The van der Waals surface area contributed by atoms with E-state index in [1.54, 1.807) is 22.9 Å². The maximum Gasteiger partial charge on any atom is 0.330 e. The van der Waals surface area contributed by atoms with Crippen molar-refractivity contribution in [2.24, 2.45) is 5.92 Å². The predicted molar refractivity (Wildman–Crippen MR) is 109 cm³/mol. The molecule has 1 aromatic carbocycles. The summed E-state index contributed by atoms with van der Waals surface area (Å²) in [5, 5.41) is 15.6. The van der Waals surface area contributed by atoms with E-state index in [0.29, 0.717) is 24.6 Å². The van der Waals surface area contributed by atoms with Gasteiger partial charge in [0.25, 0.3) is 11.5 Å². The van der Waals surface area contributed by atoms with Crippen LogP contribution >= 0.6 is 0 Å². The van der Waals surface area contributed by atoms with E-state index in [1.807, 2.05) is 6.07 Å². The van der Waals surface area contributed by atoms with Crippen molar-refractivity contribution in [3.05, 3.63) is 74.2 Å². The number of nitriles is 1. The largest absolute Gasteiger partial charge is 0.383 e. The molecule has 0 saturated heterocycles. The number of carbonyl (C=O) groups excluding carboxylic acids is 1. The highest BCUT2D eigenvalue weighted by molar-refractivity contribution is 6.05. The molecule has 0 bridgehead atoms. The van der Waals surface area contributed by atoms with Crippen LogP contribution in [0.4, 0.5) is 11.5 Å². The van der Waals surface area contributed by atoms with Crippen molar-refractivity contribution in [3.8, 4) is 6.07 Å². The van der Waals surface area contributed by atoms with Crippen molar-refractivity contribution in [2.45, 2.75) is 25.9 Å². The lowest BCUT2D eigenvalue weighted by Crippen LogP contribution is -2.38. The molecule has 0 spiro atoms. The molecule has 4 N–H and O–H groups in total.